The maximum atomic E-state index is 14.6. The molecule has 0 aliphatic heterocycles. The number of aryl methyl sites for hydroxylation is 2. The van der Waals surface area contributed by atoms with E-state index in [0.29, 0.717) is 31.2 Å². The third-order valence-electron chi connectivity index (χ3n) is 5.73. The summed E-state index contributed by atoms with van der Waals surface area (Å²) in [6, 6.07) is 3.13. The van der Waals surface area contributed by atoms with Crippen LogP contribution in [0.15, 0.2) is 24.5 Å². The van der Waals surface area contributed by atoms with E-state index in [1.54, 1.807) is 24.5 Å². The number of aromatic nitrogens is 2. The number of hydrogen-bond donors (Lipinski definition) is 0. The first-order valence-corrected chi connectivity index (χ1v) is 11.9. The second-order valence-electron chi connectivity index (χ2n) is 8.57. The highest BCUT2D eigenvalue weighted by atomic mass is 19.2. The van der Waals surface area contributed by atoms with Gasteiger partial charge in [-0.05, 0) is 56.2 Å². The fourth-order valence-corrected chi connectivity index (χ4v) is 3.78. The topological polar surface area (TPSA) is 25.8 Å². The van der Waals surface area contributed by atoms with Crippen molar-refractivity contribution in [3.8, 4) is 11.4 Å². The van der Waals surface area contributed by atoms with Crippen molar-refractivity contribution in [2.75, 3.05) is 0 Å². The molecular weight excluding hydrogens is 397 g/mol. The molecular formula is C26H37F3N2. The van der Waals surface area contributed by atoms with Gasteiger partial charge in [-0.25, -0.2) is 23.1 Å². The molecule has 1 atom stereocenters. The Labute approximate surface area is 185 Å². The molecule has 0 bridgehead atoms. The van der Waals surface area contributed by atoms with E-state index < -0.39 is 17.8 Å². The molecule has 0 amide bonds. The van der Waals surface area contributed by atoms with Crippen LogP contribution in [0, 0.1) is 11.6 Å². The van der Waals surface area contributed by atoms with Gasteiger partial charge in [-0.1, -0.05) is 64.4 Å². The Morgan fingerprint density at radius 1 is 0.774 bits per heavy atom. The summed E-state index contributed by atoms with van der Waals surface area (Å²) in [5.41, 5.74) is 1.42. The van der Waals surface area contributed by atoms with Crippen LogP contribution in [0.2, 0.25) is 0 Å². The Morgan fingerprint density at radius 2 is 1.39 bits per heavy atom. The molecule has 2 rings (SSSR count). The second-order valence-corrected chi connectivity index (χ2v) is 8.57. The number of nitrogens with zero attached hydrogens (tertiary/aromatic N) is 2. The van der Waals surface area contributed by atoms with E-state index in [1.165, 1.54) is 51.9 Å². The molecule has 172 valence electrons. The van der Waals surface area contributed by atoms with Crippen molar-refractivity contribution in [1.29, 1.82) is 0 Å². The first-order valence-electron chi connectivity index (χ1n) is 11.9. The van der Waals surface area contributed by atoms with Crippen LogP contribution in [-0.2, 0) is 12.8 Å². The van der Waals surface area contributed by atoms with Gasteiger partial charge in [-0.3, -0.25) is 0 Å². The van der Waals surface area contributed by atoms with Crippen LogP contribution in [0.3, 0.4) is 0 Å². The summed E-state index contributed by atoms with van der Waals surface area (Å²) in [6.45, 7) is 3.74. The zero-order chi connectivity index (χ0) is 22.5. The molecule has 31 heavy (non-hydrogen) atoms. The largest absolute Gasteiger partial charge is 0.248 e. The third kappa shape index (κ3) is 9.00. The van der Waals surface area contributed by atoms with E-state index in [0.717, 1.165) is 18.4 Å². The van der Waals surface area contributed by atoms with Crippen LogP contribution >= 0.6 is 0 Å². The normalized spacial score (nSPS) is 12.3. The van der Waals surface area contributed by atoms with Crippen LogP contribution in [-0.4, -0.2) is 16.1 Å². The molecule has 1 unspecified atom stereocenters. The van der Waals surface area contributed by atoms with E-state index in [9.17, 15) is 13.2 Å². The molecule has 0 fully saturated rings. The Kier molecular flexibility index (Phi) is 11.6. The molecule has 1 aromatic heterocycles. The van der Waals surface area contributed by atoms with Gasteiger partial charge in [0.15, 0.2) is 17.5 Å². The maximum Gasteiger partial charge on any atom is 0.170 e. The summed E-state index contributed by atoms with van der Waals surface area (Å²) < 4.78 is 41.9. The van der Waals surface area contributed by atoms with Gasteiger partial charge in [0.25, 0.3) is 0 Å². The summed E-state index contributed by atoms with van der Waals surface area (Å²) >= 11 is 0. The Balaban J connectivity index is 1.83. The molecule has 2 aromatic rings. The quantitative estimate of drug-likeness (QED) is 0.264. The number of benzene rings is 1. The smallest absolute Gasteiger partial charge is 0.170 e. The highest BCUT2D eigenvalue weighted by molar-refractivity contribution is 5.56. The molecule has 5 heteroatoms. The van der Waals surface area contributed by atoms with Gasteiger partial charge in [0.05, 0.1) is 11.7 Å². The minimum Gasteiger partial charge on any atom is -0.248 e. The highest BCUT2D eigenvalue weighted by Gasteiger charge is 2.16. The lowest BCUT2D eigenvalue weighted by atomic mass is 10.0. The fraction of sp³-hybridized carbons (Fsp3) is 0.615. The number of alkyl halides is 1. The molecule has 2 nitrogen and oxygen atoms in total. The van der Waals surface area contributed by atoms with Crippen molar-refractivity contribution >= 4 is 0 Å². The van der Waals surface area contributed by atoms with Gasteiger partial charge >= 0.3 is 0 Å². The average molecular weight is 435 g/mol. The van der Waals surface area contributed by atoms with Crippen LogP contribution in [0.1, 0.15) is 95.6 Å². The molecule has 1 heterocycles. The SMILES string of the molecule is CCCCCCCCCCc1cnc(-c2ccc(CCCCC(C)F)c(F)c2F)nc1. The van der Waals surface area contributed by atoms with E-state index in [2.05, 4.69) is 16.9 Å². The lowest BCUT2D eigenvalue weighted by molar-refractivity contribution is 0.331. The average Bonchev–Trinajstić information content (AvgIpc) is 2.76. The number of unbranched alkanes of at least 4 members (excludes halogenated alkanes) is 8. The molecule has 1 aromatic carbocycles. The van der Waals surface area contributed by atoms with Crippen LogP contribution in [0.5, 0.6) is 0 Å². The first-order chi connectivity index (χ1) is 15.0. The predicted molar refractivity (Wildman–Crippen MR) is 122 cm³/mol. The number of rotatable bonds is 15. The summed E-state index contributed by atoms with van der Waals surface area (Å²) in [6.07, 6.45) is 15.7. The lowest BCUT2D eigenvalue weighted by Gasteiger charge is -2.09. The Morgan fingerprint density at radius 3 is 2.03 bits per heavy atom. The van der Waals surface area contributed by atoms with Crippen molar-refractivity contribution in [1.82, 2.24) is 9.97 Å². The van der Waals surface area contributed by atoms with Gasteiger partial charge < -0.3 is 0 Å². The molecule has 0 spiro atoms. The van der Waals surface area contributed by atoms with Crippen molar-refractivity contribution in [3.05, 3.63) is 47.3 Å². The van der Waals surface area contributed by atoms with Crippen LogP contribution in [0.25, 0.3) is 11.4 Å². The van der Waals surface area contributed by atoms with Crippen LogP contribution in [0.4, 0.5) is 13.2 Å². The van der Waals surface area contributed by atoms with Crippen molar-refractivity contribution in [3.63, 3.8) is 0 Å². The number of hydrogen-bond acceptors (Lipinski definition) is 2. The number of halogens is 3. The highest BCUT2D eigenvalue weighted by Crippen LogP contribution is 2.25. The van der Waals surface area contributed by atoms with Crippen molar-refractivity contribution in [2.24, 2.45) is 0 Å². The fourth-order valence-electron chi connectivity index (χ4n) is 3.78. The second kappa shape index (κ2) is 14.2. The molecule has 0 aliphatic carbocycles. The van der Waals surface area contributed by atoms with E-state index in [4.69, 9.17) is 0 Å². The summed E-state index contributed by atoms with van der Waals surface area (Å²) in [5, 5.41) is 0. The van der Waals surface area contributed by atoms with Crippen molar-refractivity contribution < 1.29 is 13.2 Å². The molecule has 0 aliphatic rings. The molecule has 0 saturated carbocycles. The minimum atomic E-state index is -0.910. The van der Waals surface area contributed by atoms with Gasteiger partial charge in [0.1, 0.15) is 0 Å². The Bertz CT molecular complexity index is 760. The van der Waals surface area contributed by atoms with E-state index in [-0.39, 0.29) is 11.4 Å². The minimum absolute atomic E-state index is 0.0808. The summed E-state index contributed by atoms with van der Waals surface area (Å²) in [7, 11) is 0. The third-order valence-corrected chi connectivity index (χ3v) is 5.73. The first kappa shape index (κ1) is 25.4. The van der Waals surface area contributed by atoms with Gasteiger partial charge in [0, 0.05) is 12.4 Å². The molecule has 0 radical (unpaired) electrons. The van der Waals surface area contributed by atoms with Gasteiger partial charge in [-0.2, -0.15) is 0 Å². The monoisotopic (exact) mass is 434 g/mol. The molecule has 0 saturated heterocycles. The zero-order valence-corrected chi connectivity index (χ0v) is 19.1. The van der Waals surface area contributed by atoms with Crippen LogP contribution < -0.4 is 0 Å². The van der Waals surface area contributed by atoms with E-state index in [1.807, 2.05) is 0 Å². The summed E-state index contributed by atoms with van der Waals surface area (Å²) in [4.78, 5) is 8.53. The summed E-state index contributed by atoms with van der Waals surface area (Å²) in [5.74, 6) is -1.56. The standard InChI is InChI=1S/C26H37F3N2/c1-3-4-5-6-7-8-9-10-14-21-18-30-26(31-19-21)23-17-16-22(24(28)25(23)29)15-12-11-13-20(2)27/h16-20H,3-15H2,1-2H3. The predicted octanol–water partition coefficient (Wildman–Crippen LogP) is 8.18. The van der Waals surface area contributed by atoms with Crippen molar-refractivity contribution in [2.45, 2.75) is 103 Å². The maximum absolute atomic E-state index is 14.6. The lowest BCUT2D eigenvalue weighted by Crippen LogP contribution is -2.01. The van der Waals surface area contributed by atoms with Gasteiger partial charge in [-0.15, -0.1) is 0 Å². The molecule has 0 N–H and O–H groups in total. The van der Waals surface area contributed by atoms with Gasteiger partial charge in [0.2, 0.25) is 0 Å². The van der Waals surface area contributed by atoms with E-state index >= 15 is 0 Å². The Hall–Kier alpha value is -1.91. The zero-order valence-electron chi connectivity index (χ0n) is 19.1.